The molecule has 14 heavy (non-hydrogen) atoms. The van der Waals surface area contributed by atoms with E-state index < -0.39 is 0 Å². The van der Waals surface area contributed by atoms with Gasteiger partial charge in [0.25, 0.3) is 0 Å². The van der Waals surface area contributed by atoms with Gasteiger partial charge in [-0.2, -0.15) is 0 Å². The fraction of sp³-hybridized carbons (Fsp3) is 1.00. The predicted octanol–water partition coefficient (Wildman–Crippen LogP) is 3.20. The fourth-order valence-corrected chi connectivity index (χ4v) is 3.66. The van der Waals surface area contributed by atoms with Crippen molar-refractivity contribution in [2.45, 2.75) is 52.9 Å². The lowest BCUT2D eigenvalue weighted by Crippen LogP contribution is -2.26. The standard InChI is InChI=1S/C13H25N/c1-4-11(2)12(3)5-6-13(9-12)7-8-14-10-13/h11,14H,4-10H2,1-3H3. The van der Waals surface area contributed by atoms with E-state index in [4.69, 9.17) is 0 Å². The molecular weight excluding hydrogens is 170 g/mol. The Morgan fingerprint density at radius 1 is 1.29 bits per heavy atom. The Hall–Kier alpha value is -0.0400. The first-order valence-corrected chi connectivity index (χ1v) is 6.31. The van der Waals surface area contributed by atoms with Crippen LogP contribution in [0.5, 0.6) is 0 Å². The molecule has 0 aromatic heterocycles. The van der Waals surface area contributed by atoms with Crippen LogP contribution in [0, 0.1) is 16.7 Å². The van der Waals surface area contributed by atoms with Crippen LogP contribution < -0.4 is 5.32 Å². The molecule has 0 aromatic carbocycles. The van der Waals surface area contributed by atoms with Crippen molar-refractivity contribution in [1.29, 1.82) is 0 Å². The van der Waals surface area contributed by atoms with Gasteiger partial charge in [0.2, 0.25) is 0 Å². The van der Waals surface area contributed by atoms with E-state index in [2.05, 4.69) is 26.1 Å². The summed E-state index contributed by atoms with van der Waals surface area (Å²) < 4.78 is 0. The van der Waals surface area contributed by atoms with E-state index in [9.17, 15) is 0 Å². The Morgan fingerprint density at radius 2 is 2.07 bits per heavy atom. The van der Waals surface area contributed by atoms with Crippen LogP contribution in [-0.4, -0.2) is 13.1 Å². The van der Waals surface area contributed by atoms with Gasteiger partial charge in [-0.3, -0.25) is 0 Å². The molecule has 0 aromatic rings. The molecule has 3 unspecified atom stereocenters. The van der Waals surface area contributed by atoms with Crippen LogP contribution in [0.3, 0.4) is 0 Å². The van der Waals surface area contributed by atoms with Gasteiger partial charge in [-0.05, 0) is 49.0 Å². The molecule has 0 amide bonds. The largest absolute Gasteiger partial charge is 0.316 e. The van der Waals surface area contributed by atoms with E-state index in [1.54, 1.807) is 0 Å². The van der Waals surface area contributed by atoms with Gasteiger partial charge < -0.3 is 5.32 Å². The van der Waals surface area contributed by atoms with Crippen LogP contribution in [-0.2, 0) is 0 Å². The first-order chi connectivity index (χ1) is 6.60. The predicted molar refractivity (Wildman–Crippen MR) is 61.3 cm³/mol. The molecule has 1 heterocycles. The van der Waals surface area contributed by atoms with E-state index in [0.717, 1.165) is 5.92 Å². The third-order valence-corrected chi connectivity index (χ3v) is 5.14. The van der Waals surface area contributed by atoms with Crippen molar-refractivity contribution in [2.75, 3.05) is 13.1 Å². The molecule has 0 radical (unpaired) electrons. The van der Waals surface area contributed by atoms with Gasteiger partial charge in [0.15, 0.2) is 0 Å². The third-order valence-electron chi connectivity index (χ3n) is 5.14. The summed E-state index contributed by atoms with van der Waals surface area (Å²) in [6, 6.07) is 0. The van der Waals surface area contributed by atoms with Crippen molar-refractivity contribution in [2.24, 2.45) is 16.7 Å². The van der Waals surface area contributed by atoms with E-state index in [-0.39, 0.29) is 0 Å². The Balaban J connectivity index is 2.05. The highest BCUT2D eigenvalue weighted by Crippen LogP contribution is 2.55. The minimum absolute atomic E-state index is 0.640. The van der Waals surface area contributed by atoms with E-state index in [1.807, 2.05) is 0 Å². The van der Waals surface area contributed by atoms with Crippen molar-refractivity contribution < 1.29 is 0 Å². The number of nitrogens with one attached hydrogen (secondary N) is 1. The van der Waals surface area contributed by atoms with Gasteiger partial charge >= 0.3 is 0 Å². The van der Waals surface area contributed by atoms with Crippen molar-refractivity contribution in [1.82, 2.24) is 5.32 Å². The molecule has 1 saturated heterocycles. The fourth-order valence-electron chi connectivity index (χ4n) is 3.66. The highest BCUT2D eigenvalue weighted by atomic mass is 14.9. The molecular formula is C13H25N. The molecule has 1 saturated carbocycles. The summed E-state index contributed by atoms with van der Waals surface area (Å²) in [5.74, 6) is 0.905. The van der Waals surface area contributed by atoms with Crippen molar-refractivity contribution in [3.63, 3.8) is 0 Å². The van der Waals surface area contributed by atoms with Crippen molar-refractivity contribution in [3.05, 3.63) is 0 Å². The molecule has 2 aliphatic rings. The summed E-state index contributed by atoms with van der Waals surface area (Å²) in [4.78, 5) is 0. The second kappa shape index (κ2) is 3.52. The highest BCUT2D eigenvalue weighted by molar-refractivity contribution is 5.00. The maximum Gasteiger partial charge on any atom is 0.000850 e. The Morgan fingerprint density at radius 3 is 2.64 bits per heavy atom. The molecule has 1 aliphatic heterocycles. The quantitative estimate of drug-likeness (QED) is 0.713. The third kappa shape index (κ3) is 1.60. The average molecular weight is 195 g/mol. The molecule has 1 heteroatoms. The molecule has 1 nitrogen and oxygen atoms in total. The van der Waals surface area contributed by atoms with Crippen molar-refractivity contribution >= 4 is 0 Å². The summed E-state index contributed by atoms with van der Waals surface area (Å²) in [6.45, 7) is 9.86. The van der Waals surface area contributed by atoms with E-state index in [1.165, 1.54) is 45.2 Å². The summed E-state index contributed by atoms with van der Waals surface area (Å²) >= 11 is 0. The first kappa shape index (κ1) is 10.5. The zero-order chi connectivity index (χ0) is 10.2. The maximum absolute atomic E-state index is 3.55. The molecule has 2 rings (SSSR count). The molecule has 0 bridgehead atoms. The molecule has 1 aliphatic carbocycles. The van der Waals surface area contributed by atoms with Crippen LogP contribution >= 0.6 is 0 Å². The van der Waals surface area contributed by atoms with Gasteiger partial charge in [0.1, 0.15) is 0 Å². The summed E-state index contributed by atoms with van der Waals surface area (Å²) in [7, 11) is 0. The van der Waals surface area contributed by atoms with Gasteiger partial charge in [-0.25, -0.2) is 0 Å². The maximum atomic E-state index is 3.55. The lowest BCUT2D eigenvalue weighted by molar-refractivity contribution is 0.174. The lowest BCUT2D eigenvalue weighted by atomic mass is 9.72. The van der Waals surface area contributed by atoms with Crippen molar-refractivity contribution in [3.8, 4) is 0 Å². The minimum atomic E-state index is 0.640. The lowest BCUT2D eigenvalue weighted by Gasteiger charge is -2.33. The SMILES string of the molecule is CCC(C)C1(C)CCC2(CCNC2)C1. The molecule has 1 spiro atoms. The summed E-state index contributed by atoms with van der Waals surface area (Å²) in [5.41, 5.74) is 1.33. The molecule has 82 valence electrons. The Bertz CT molecular complexity index is 205. The van der Waals surface area contributed by atoms with Gasteiger partial charge in [0.05, 0.1) is 0 Å². The summed E-state index contributed by atoms with van der Waals surface area (Å²) in [5, 5.41) is 3.55. The zero-order valence-corrected chi connectivity index (χ0v) is 10.0. The van der Waals surface area contributed by atoms with Crippen LogP contribution in [0.2, 0.25) is 0 Å². The summed E-state index contributed by atoms with van der Waals surface area (Å²) in [6.07, 6.45) is 7.19. The van der Waals surface area contributed by atoms with E-state index >= 15 is 0 Å². The zero-order valence-electron chi connectivity index (χ0n) is 10.0. The number of hydrogen-bond acceptors (Lipinski definition) is 1. The molecule has 3 atom stereocenters. The van der Waals surface area contributed by atoms with Gasteiger partial charge in [-0.1, -0.05) is 27.2 Å². The highest BCUT2D eigenvalue weighted by Gasteiger charge is 2.48. The van der Waals surface area contributed by atoms with Crippen LogP contribution in [0.1, 0.15) is 52.9 Å². The van der Waals surface area contributed by atoms with Gasteiger partial charge in [-0.15, -0.1) is 0 Å². The first-order valence-electron chi connectivity index (χ1n) is 6.31. The van der Waals surface area contributed by atoms with Crippen LogP contribution in [0.4, 0.5) is 0 Å². The van der Waals surface area contributed by atoms with Gasteiger partial charge in [0, 0.05) is 6.54 Å². The minimum Gasteiger partial charge on any atom is -0.316 e. The topological polar surface area (TPSA) is 12.0 Å². The molecule has 2 fully saturated rings. The number of rotatable bonds is 2. The second-order valence-electron chi connectivity index (χ2n) is 6.07. The number of hydrogen-bond donors (Lipinski definition) is 1. The Kier molecular flexibility index (Phi) is 2.63. The molecule has 1 N–H and O–H groups in total. The van der Waals surface area contributed by atoms with Crippen LogP contribution in [0.15, 0.2) is 0 Å². The Labute approximate surface area is 88.7 Å². The normalized spacial score (nSPS) is 44.8. The average Bonchev–Trinajstić information content (AvgIpc) is 2.75. The monoisotopic (exact) mass is 195 g/mol. The smallest absolute Gasteiger partial charge is 0.000850 e. The van der Waals surface area contributed by atoms with Crippen LogP contribution in [0.25, 0.3) is 0 Å². The van der Waals surface area contributed by atoms with E-state index in [0.29, 0.717) is 10.8 Å². The second-order valence-corrected chi connectivity index (χ2v) is 6.07.